The lowest BCUT2D eigenvalue weighted by Gasteiger charge is -2.11. The van der Waals surface area contributed by atoms with Crippen LogP contribution in [-0.2, 0) is 11.9 Å². The molecule has 0 aliphatic carbocycles. The number of para-hydroxylation sites is 1. The van der Waals surface area contributed by atoms with Crippen LogP contribution in [0.4, 0.5) is 13.2 Å². The Morgan fingerprint density at radius 2 is 1.64 bits per heavy atom. The molecule has 0 aliphatic rings. The molecule has 1 aromatic heterocycles. The van der Waals surface area contributed by atoms with E-state index in [-0.39, 0.29) is 0 Å². The summed E-state index contributed by atoms with van der Waals surface area (Å²) >= 11 is 1.38. The second-order valence-corrected chi connectivity index (χ2v) is 6.54. The molecule has 1 heterocycles. The van der Waals surface area contributed by atoms with E-state index in [1.165, 1.54) is 23.9 Å². The fourth-order valence-electron chi connectivity index (χ4n) is 2.49. The van der Waals surface area contributed by atoms with Crippen LogP contribution in [0.5, 0.6) is 0 Å². The number of aryl methyl sites for hydroxylation is 2. The van der Waals surface area contributed by atoms with Crippen molar-refractivity contribution in [3.8, 4) is 5.69 Å². The molecule has 25 heavy (non-hydrogen) atoms. The summed E-state index contributed by atoms with van der Waals surface area (Å²) < 4.78 is 39.5. The number of benzene rings is 2. The quantitative estimate of drug-likeness (QED) is 0.635. The van der Waals surface area contributed by atoms with Gasteiger partial charge in [0.2, 0.25) is 5.16 Å². The number of alkyl halides is 3. The zero-order chi connectivity index (χ0) is 18.0. The molecule has 0 N–H and O–H groups in total. The van der Waals surface area contributed by atoms with Gasteiger partial charge in [0.25, 0.3) is 0 Å². The Bertz CT molecular complexity index is 852. The molecule has 0 atom stereocenters. The number of hydrogen-bond donors (Lipinski definition) is 0. The molecule has 2 aromatic carbocycles. The predicted octanol–water partition coefficient (Wildman–Crippen LogP) is 4.59. The largest absolute Gasteiger partial charge is 0.416 e. The minimum Gasteiger partial charge on any atom is -0.187 e. The van der Waals surface area contributed by atoms with E-state index in [9.17, 15) is 13.2 Å². The van der Waals surface area contributed by atoms with Crippen LogP contribution in [0.15, 0.2) is 47.6 Å². The Morgan fingerprint density at radius 1 is 1.00 bits per heavy atom. The third kappa shape index (κ3) is 3.84. The van der Waals surface area contributed by atoms with Crippen LogP contribution in [0.2, 0.25) is 0 Å². The van der Waals surface area contributed by atoms with Gasteiger partial charge in [0.1, 0.15) is 0 Å². The molecule has 0 radical (unpaired) electrons. The summed E-state index contributed by atoms with van der Waals surface area (Å²) in [7, 11) is 0. The molecular weight excluding hydrogens is 349 g/mol. The van der Waals surface area contributed by atoms with Crippen LogP contribution in [0.3, 0.4) is 0 Å². The first kappa shape index (κ1) is 17.5. The van der Waals surface area contributed by atoms with Crippen molar-refractivity contribution >= 4 is 11.8 Å². The topological polar surface area (TPSA) is 43.6 Å². The van der Waals surface area contributed by atoms with Gasteiger partial charge in [0.15, 0.2) is 0 Å². The number of halogens is 3. The predicted molar refractivity (Wildman–Crippen MR) is 89.6 cm³/mol. The molecule has 0 saturated heterocycles. The molecule has 3 aromatic rings. The van der Waals surface area contributed by atoms with Crippen molar-refractivity contribution in [2.45, 2.75) is 30.9 Å². The zero-order valence-electron chi connectivity index (χ0n) is 13.6. The Hall–Kier alpha value is -2.35. The molecule has 3 rings (SSSR count). The van der Waals surface area contributed by atoms with E-state index in [0.29, 0.717) is 10.9 Å². The maximum Gasteiger partial charge on any atom is 0.416 e. The summed E-state index contributed by atoms with van der Waals surface area (Å²) in [5, 5.41) is 12.4. The summed E-state index contributed by atoms with van der Waals surface area (Å²) in [6, 6.07) is 11.1. The number of nitrogens with zero attached hydrogens (tertiary/aromatic N) is 4. The number of tetrazole rings is 1. The SMILES string of the molecule is Cc1cccc(C)c1-n1nnnc1SCc1ccc(C(F)(F)F)cc1. The highest BCUT2D eigenvalue weighted by atomic mass is 32.2. The zero-order valence-corrected chi connectivity index (χ0v) is 14.4. The first-order valence-electron chi connectivity index (χ1n) is 7.50. The molecule has 130 valence electrons. The van der Waals surface area contributed by atoms with Gasteiger partial charge in [0.05, 0.1) is 11.3 Å². The van der Waals surface area contributed by atoms with Gasteiger partial charge in [-0.05, 0) is 53.1 Å². The Morgan fingerprint density at radius 3 is 2.24 bits per heavy atom. The Balaban J connectivity index is 1.79. The number of hydrogen-bond acceptors (Lipinski definition) is 4. The van der Waals surface area contributed by atoms with E-state index >= 15 is 0 Å². The van der Waals surface area contributed by atoms with E-state index in [4.69, 9.17) is 0 Å². The van der Waals surface area contributed by atoms with Crippen molar-refractivity contribution in [3.05, 3.63) is 64.7 Å². The van der Waals surface area contributed by atoms with Crippen LogP contribution in [-0.4, -0.2) is 20.2 Å². The molecule has 0 fully saturated rings. The fraction of sp³-hybridized carbons (Fsp3) is 0.235. The summed E-state index contributed by atoms with van der Waals surface area (Å²) in [5.74, 6) is 0.476. The van der Waals surface area contributed by atoms with Crippen molar-refractivity contribution in [1.29, 1.82) is 0 Å². The molecule has 0 bridgehead atoms. The Labute approximate surface area is 147 Å². The molecular formula is C17H15F3N4S. The van der Waals surface area contributed by atoms with E-state index in [1.54, 1.807) is 4.68 Å². The van der Waals surface area contributed by atoms with Gasteiger partial charge >= 0.3 is 6.18 Å². The lowest BCUT2D eigenvalue weighted by atomic mass is 10.1. The van der Waals surface area contributed by atoms with E-state index < -0.39 is 11.7 Å². The highest BCUT2D eigenvalue weighted by Crippen LogP contribution is 2.30. The minimum atomic E-state index is -4.32. The second-order valence-electron chi connectivity index (χ2n) is 5.60. The normalized spacial score (nSPS) is 11.7. The summed E-state index contributed by atoms with van der Waals surface area (Å²) in [6.07, 6.45) is -4.32. The standard InChI is InChI=1S/C17H15F3N4S/c1-11-4-3-5-12(2)15(11)24-16(21-22-23-24)25-10-13-6-8-14(9-7-13)17(18,19)20/h3-9H,10H2,1-2H3. The van der Waals surface area contributed by atoms with Crippen molar-refractivity contribution in [2.24, 2.45) is 0 Å². The third-order valence-corrected chi connectivity index (χ3v) is 4.73. The molecule has 0 aliphatic heterocycles. The lowest BCUT2D eigenvalue weighted by molar-refractivity contribution is -0.137. The number of rotatable bonds is 4. The summed E-state index contributed by atoms with van der Waals surface area (Å²) in [6.45, 7) is 3.96. The van der Waals surface area contributed by atoms with Gasteiger partial charge in [-0.3, -0.25) is 0 Å². The van der Waals surface area contributed by atoms with Crippen molar-refractivity contribution in [1.82, 2.24) is 20.2 Å². The maximum absolute atomic E-state index is 12.6. The fourth-order valence-corrected chi connectivity index (χ4v) is 3.32. The number of aromatic nitrogens is 4. The first-order chi connectivity index (χ1) is 11.9. The molecule has 0 amide bonds. The van der Waals surface area contributed by atoms with Crippen molar-refractivity contribution in [3.63, 3.8) is 0 Å². The van der Waals surface area contributed by atoms with Crippen LogP contribution in [0.25, 0.3) is 5.69 Å². The first-order valence-corrected chi connectivity index (χ1v) is 8.49. The van der Waals surface area contributed by atoms with Crippen molar-refractivity contribution in [2.75, 3.05) is 0 Å². The second kappa shape index (κ2) is 6.87. The van der Waals surface area contributed by atoms with Crippen molar-refractivity contribution < 1.29 is 13.2 Å². The molecule has 0 saturated carbocycles. The molecule has 8 heteroatoms. The average molecular weight is 364 g/mol. The van der Waals surface area contributed by atoms with Gasteiger partial charge in [-0.25, -0.2) is 0 Å². The molecule has 0 spiro atoms. The highest BCUT2D eigenvalue weighted by molar-refractivity contribution is 7.98. The van der Waals surface area contributed by atoms with Gasteiger partial charge in [-0.2, -0.15) is 17.9 Å². The van der Waals surface area contributed by atoms with Crippen LogP contribution in [0, 0.1) is 13.8 Å². The molecule has 0 unspecified atom stereocenters. The monoisotopic (exact) mass is 364 g/mol. The maximum atomic E-state index is 12.6. The summed E-state index contributed by atoms with van der Waals surface area (Å²) in [4.78, 5) is 0. The average Bonchev–Trinajstić information content (AvgIpc) is 3.00. The highest BCUT2D eigenvalue weighted by Gasteiger charge is 2.29. The minimum absolute atomic E-state index is 0.476. The van der Waals surface area contributed by atoms with E-state index in [0.717, 1.165) is 34.5 Å². The smallest absolute Gasteiger partial charge is 0.187 e. The van der Waals surface area contributed by atoms with Gasteiger partial charge in [0, 0.05) is 5.75 Å². The van der Waals surface area contributed by atoms with E-state index in [1.807, 2.05) is 32.0 Å². The van der Waals surface area contributed by atoms with Crippen LogP contribution < -0.4 is 0 Å². The van der Waals surface area contributed by atoms with Gasteiger partial charge in [-0.1, -0.05) is 42.1 Å². The van der Waals surface area contributed by atoms with Crippen LogP contribution in [0.1, 0.15) is 22.3 Å². The van der Waals surface area contributed by atoms with E-state index in [2.05, 4.69) is 15.5 Å². The van der Waals surface area contributed by atoms with Crippen LogP contribution >= 0.6 is 11.8 Å². The summed E-state index contributed by atoms with van der Waals surface area (Å²) in [5.41, 5.74) is 3.13. The number of thioether (sulfide) groups is 1. The molecule has 4 nitrogen and oxygen atoms in total. The Kier molecular flexibility index (Phi) is 4.80. The van der Waals surface area contributed by atoms with Gasteiger partial charge < -0.3 is 0 Å². The third-order valence-electron chi connectivity index (χ3n) is 3.74. The lowest BCUT2D eigenvalue weighted by Crippen LogP contribution is -2.05. The van der Waals surface area contributed by atoms with Gasteiger partial charge in [-0.15, -0.1) is 5.10 Å².